The Hall–Kier alpha value is -0.170. The molecule has 0 aromatic rings. The van der Waals surface area contributed by atoms with E-state index >= 15 is 0 Å². The van der Waals surface area contributed by atoms with Crippen molar-refractivity contribution in [3.63, 3.8) is 0 Å². The first-order valence-electron chi connectivity index (χ1n) is 5.38. The molecule has 0 bridgehead atoms. The van der Waals surface area contributed by atoms with E-state index in [2.05, 4.69) is 0 Å². The van der Waals surface area contributed by atoms with E-state index in [0.29, 0.717) is 26.2 Å². The summed E-state index contributed by atoms with van der Waals surface area (Å²) in [7, 11) is -3.34. The van der Waals surface area contributed by atoms with Crippen LogP contribution in [0.15, 0.2) is 0 Å². The minimum atomic E-state index is -3.34. The molecule has 6 heteroatoms. The number of hydrogen-bond acceptors (Lipinski definition) is 3. The topological polar surface area (TPSA) is 66.6 Å². The lowest BCUT2D eigenvalue weighted by atomic mass is 10.4. The van der Waals surface area contributed by atoms with Gasteiger partial charge in [0.05, 0.1) is 0 Å². The molecule has 0 fully saturated rings. The highest BCUT2D eigenvalue weighted by molar-refractivity contribution is 7.86. The second-order valence-electron chi connectivity index (χ2n) is 3.59. The van der Waals surface area contributed by atoms with Gasteiger partial charge in [0.1, 0.15) is 0 Å². The molecule has 2 N–H and O–H groups in total. The second-order valence-corrected chi connectivity index (χ2v) is 5.47. The molecule has 0 saturated carbocycles. The first-order chi connectivity index (χ1) is 6.91. The fraction of sp³-hybridized carbons (Fsp3) is 1.00. The lowest BCUT2D eigenvalue weighted by molar-refractivity contribution is 0.316. The molecule has 0 atom stereocenters. The van der Waals surface area contributed by atoms with E-state index in [9.17, 15) is 8.42 Å². The first kappa shape index (κ1) is 14.8. The van der Waals surface area contributed by atoms with Crippen molar-refractivity contribution in [3.05, 3.63) is 0 Å². The molecule has 0 rings (SSSR count). The number of hydrogen-bond donors (Lipinski definition) is 1. The Kier molecular flexibility index (Phi) is 6.35. The Morgan fingerprint density at radius 1 is 1.20 bits per heavy atom. The minimum absolute atomic E-state index is 0.0563. The SMILES string of the molecule is CCN(CC)S(=O)(=O)N(CCN)C(C)C. The standard InChI is InChI=1S/C9H23N3O2S/c1-5-11(6-2)15(13,14)12(8-7-10)9(3)4/h9H,5-8,10H2,1-4H3. The van der Waals surface area contributed by atoms with Crippen LogP contribution in [0.4, 0.5) is 0 Å². The summed E-state index contributed by atoms with van der Waals surface area (Å²) in [6.07, 6.45) is 0. The molecule has 92 valence electrons. The number of nitrogens with zero attached hydrogens (tertiary/aromatic N) is 2. The normalized spacial score (nSPS) is 13.1. The Bertz CT molecular complexity index is 261. The van der Waals surface area contributed by atoms with Crippen LogP contribution in [-0.2, 0) is 10.2 Å². The number of rotatable bonds is 7. The van der Waals surface area contributed by atoms with Crippen LogP contribution in [0.5, 0.6) is 0 Å². The number of nitrogens with two attached hydrogens (primary N) is 1. The summed E-state index contributed by atoms with van der Waals surface area (Å²) in [6.45, 7) is 9.09. The lowest BCUT2D eigenvalue weighted by Gasteiger charge is -2.30. The molecular formula is C9H23N3O2S. The summed E-state index contributed by atoms with van der Waals surface area (Å²) in [5.74, 6) is 0. The minimum Gasteiger partial charge on any atom is -0.329 e. The molecule has 0 amide bonds. The van der Waals surface area contributed by atoms with Gasteiger partial charge < -0.3 is 5.73 Å². The van der Waals surface area contributed by atoms with Crippen molar-refractivity contribution in [3.8, 4) is 0 Å². The van der Waals surface area contributed by atoms with Crippen molar-refractivity contribution >= 4 is 10.2 Å². The monoisotopic (exact) mass is 237 g/mol. The van der Waals surface area contributed by atoms with Gasteiger partial charge in [0.15, 0.2) is 0 Å². The maximum atomic E-state index is 12.1. The van der Waals surface area contributed by atoms with Gasteiger partial charge in [-0.25, -0.2) is 0 Å². The smallest absolute Gasteiger partial charge is 0.282 e. The fourth-order valence-corrected chi connectivity index (χ4v) is 3.28. The van der Waals surface area contributed by atoms with Crippen LogP contribution in [0.1, 0.15) is 27.7 Å². The molecule has 0 aromatic carbocycles. The molecule has 0 aliphatic heterocycles. The zero-order valence-corrected chi connectivity index (χ0v) is 10.9. The van der Waals surface area contributed by atoms with Crippen LogP contribution in [0.3, 0.4) is 0 Å². The van der Waals surface area contributed by atoms with Gasteiger partial charge in [-0.1, -0.05) is 13.8 Å². The van der Waals surface area contributed by atoms with Crippen molar-refractivity contribution in [1.82, 2.24) is 8.61 Å². The summed E-state index contributed by atoms with van der Waals surface area (Å²) >= 11 is 0. The van der Waals surface area contributed by atoms with E-state index in [1.165, 1.54) is 8.61 Å². The Labute approximate surface area is 93.4 Å². The van der Waals surface area contributed by atoms with Crippen molar-refractivity contribution in [2.75, 3.05) is 26.2 Å². The summed E-state index contributed by atoms with van der Waals surface area (Å²) in [4.78, 5) is 0. The summed E-state index contributed by atoms with van der Waals surface area (Å²) in [6, 6.07) is -0.0563. The molecule has 15 heavy (non-hydrogen) atoms. The quantitative estimate of drug-likeness (QED) is 0.690. The zero-order chi connectivity index (χ0) is 12.1. The predicted octanol–water partition coefficient (Wildman–Crippen LogP) is 0.242. The van der Waals surface area contributed by atoms with E-state index in [4.69, 9.17) is 5.73 Å². The van der Waals surface area contributed by atoms with E-state index in [-0.39, 0.29) is 6.04 Å². The molecule has 0 aromatic heterocycles. The van der Waals surface area contributed by atoms with Gasteiger partial charge in [-0.05, 0) is 13.8 Å². The molecule has 0 radical (unpaired) electrons. The highest BCUT2D eigenvalue weighted by atomic mass is 32.2. The molecule has 0 unspecified atom stereocenters. The molecule has 0 spiro atoms. The third-order valence-electron chi connectivity index (χ3n) is 2.25. The molecule has 0 heterocycles. The zero-order valence-electron chi connectivity index (χ0n) is 10.1. The van der Waals surface area contributed by atoms with Crippen molar-refractivity contribution < 1.29 is 8.42 Å². The fourth-order valence-electron chi connectivity index (χ4n) is 1.47. The van der Waals surface area contributed by atoms with Crippen molar-refractivity contribution in [2.24, 2.45) is 5.73 Å². The third-order valence-corrected chi connectivity index (χ3v) is 4.62. The van der Waals surface area contributed by atoms with Crippen molar-refractivity contribution in [1.29, 1.82) is 0 Å². The molecule has 0 aliphatic rings. The van der Waals surface area contributed by atoms with E-state index in [0.717, 1.165) is 0 Å². The van der Waals surface area contributed by atoms with E-state index in [1.807, 2.05) is 27.7 Å². The van der Waals surface area contributed by atoms with Gasteiger partial charge in [-0.2, -0.15) is 17.0 Å². The van der Waals surface area contributed by atoms with Crippen LogP contribution < -0.4 is 5.73 Å². The summed E-state index contributed by atoms with van der Waals surface area (Å²) < 4.78 is 27.1. The maximum absolute atomic E-state index is 12.1. The highest BCUT2D eigenvalue weighted by Crippen LogP contribution is 2.11. The molecule has 0 saturated heterocycles. The van der Waals surface area contributed by atoms with Crippen LogP contribution >= 0.6 is 0 Å². The van der Waals surface area contributed by atoms with E-state index in [1.54, 1.807) is 0 Å². The van der Waals surface area contributed by atoms with Gasteiger partial charge in [0, 0.05) is 32.2 Å². The average Bonchev–Trinajstić information content (AvgIpc) is 2.14. The molecular weight excluding hydrogens is 214 g/mol. The van der Waals surface area contributed by atoms with Gasteiger partial charge in [-0.15, -0.1) is 0 Å². The Balaban J connectivity index is 4.93. The van der Waals surface area contributed by atoms with Crippen LogP contribution in [0.25, 0.3) is 0 Å². The Morgan fingerprint density at radius 3 is 1.93 bits per heavy atom. The molecule has 5 nitrogen and oxygen atoms in total. The Morgan fingerprint density at radius 2 is 1.67 bits per heavy atom. The van der Waals surface area contributed by atoms with Crippen LogP contribution in [0, 0.1) is 0 Å². The highest BCUT2D eigenvalue weighted by Gasteiger charge is 2.28. The van der Waals surface area contributed by atoms with Crippen LogP contribution in [0.2, 0.25) is 0 Å². The van der Waals surface area contributed by atoms with Gasteiger partial charge in [-0.3, -0.25) is 0 Å². The van der Waals surface area contributed by atoms with Gasteiger partial charge in [0.2, 0.25) is 0 Å². The third kappa shape index (κ3) is 3.71. The predicted molar refractivity (Wildman–Crippen MR) is 62.7 cm³/mol. The average molecular weight is 237 g/mol. The lowest BCUT2D eigenvalue weighted by Crippen LogP contribution is -2.48. The van der Waals surface area contributed by atoms with Crippen LogP contribution in [-0.4, -0.2) is 49.2 Å². The summed E-state index contributed by atoms with van der Waals surface area (Å²) in [5, 5.41) is 0. The van der Waals surface area contributed by atoms with E-state index < -0.39 is 10.2 Å². The summed E-state index contributed by atoms with van der Waals surface area (Å²) in [5.41, 5.74) is 5.42. The van der Waals surface area contributed by atoms with Crippen molar-refractivity contribution in [2.45, 2.75) is 33.7 Å². The second kappa shape index (κ2) is 6.42. The maximum Gasteiger partial charge on any atom is 0.282 e. The largest absolute Gasteiger partial charge is 0.329 e. The van der Waals surface area contributed by atoms with Gasteiger partial charge >= 0.3 is 0 Å². The molecule has 0 aliphatic carbocycles. The van der Waals surface area contributed by atoms with Gasteiger partial charge in [0.25, 0.3) is 10.2 Å². The first-order valence-corrected chi connectivity index (χ1v) is 6.78.